The summed E-state index contributed by atoms with van der Waals surface area (Å²) in [6.07, 6.45) is -1.18. The maximum Gasteiger partial charge on any atom is 0.379 e. The summed E-state index contributed by atoms with van der Waals surface area (Å²) in [4.78, 5) is 47.0. The molecular weight excluding hydrogens is 470 g/mol. The summed E-state index contributed by atoms with van der Waals surface area (Å²) < 4.78 is 11.8. The van der Waals surface area contributed by atoms with E-state index >= 15 is 0 Å². The van der Waals surface area contributed by atoms with Gasteiger partial charge in [-0.05, 0) is 45.4 Å². The Morgan fingerprint density at radius 2 is 1.83 bits per heavy atom. The van der Waals surface area contributed by atoms with Gasteiger partial charge >= 0.3 is 11.9 Å². The number of hydrogen-bond donors (Lipinski definition) is 1. The molecule has 1 N–H and O–H groups in total. The fraction of sp³-hybridized carbons (Fsp3) is 0.250. The van der Waals surface area contributed by atoms with Crippen LogP contribution in [0.4, 0.5) is 5.00 Å². The molecule has 4 rings (SSSR count). The van der Waals surface area contributed by atoms with Crippen LogP contribution < -0.4 is 5.32 Å². The summed E-state index contributed by atoms with van der Waals surface area (Å²) in [7, 11) is 0. The van der Waals surface area contributed by atoms with E-state index in [4.69, 9.17) is 9.47 Å². The fourth-order valence-electron chi connectivity index (χ4n) is 3.32. The molecule has 3 heterocycles. The van der Waals surface area contributed by atoms with E-state index < -0.39 is 23.9 Å². The van der Waals surface area contributed by atoms with Crippen molar-refractivity contribution in [3.8, 4) is 10.4 Å². The molecule has 0 unspecified atom stereocenters. The maximum atomic E-state index is 12.8. The zero-order chi connectivity index (χ0) is 25.1. The van der Waals surface area contributed by atoms with Gasteiger partial charge in [-0.3, -0.25) is 4.79 Å². The first-order valence-electron chi connectivity index (χ1n) is 10.9. The number of benzene rings is 1. The molecule has 0 radical (unpaired) electrons. The molecule has 1 atom stereocenters. The Labute approximate surface area is 204 Å². The monoisotopic (exact) mass is 493 g/mol. The van der Waals surface area contributed by atoms with E-state index in [1.807, 2.05) is 44.2 Å². The second kappa shape index (κ2) is 10.0. The zero-order valence-corrected chi connectivity index (χ0v) is 20.4. The van der Waals surface area contributed by atoms with Crippen LogP contribution in [0.3, 0.4) is 0 Å². The third-order valence-corrected chi connectivity index (χ3v) is 6.08. The highest BCUT2D eigenvalue weighted by Crippen LogP contribution is 2.36. The van der Waals surface area contributed by atoms with E-state index in [-0.39, 0.29) is 23.8 Å². The number of ether oxygens (including phenoxy) is 2. The first-order valence-corrected chi connectivity index (χ1v) is 11.7. The SMILES string of the molecule is CCOC(=O)c1cc(-c2ccccc2)sc1NC(=O)[C@H](C)OC(=O)c1nc2nc(C)cc(C)n2n1. The third kappa shape index (κ3) is 5.19. The van der Waals surface area contributed by atoms with Crippen molar-refractivity contribution >= 4 is 40.0 Å². The molecule has 4 aromatic rings. The predicted octanol–water partition coefficient (Wildman–Crippen LogP) is 3.83. The molecule has 35 heavy (non-hydrogen) atoms. The lowest BCUT2D eigenvalue weighted by Crippen LogP contribution is -2.30. The van der Waals surface area contributed by atoms with Crippen LogP contribution in [-0.2, 0) is 14.3 Å². The zero-order valence-electron chi connectivity index (χ0n) is 19.6. The summed E-state index contributed by atoms with van der Waals surface area (Å²) >= 11 is 1.22. The Morgan fingerprint density at radius 1 is 1.09 bits per heavy atom. The first-order chi connectivity index (χ1) is 16.8. The number of aryl methyl sites for hydroxylation is 2. The predicted molar refractivity (Wildman–Crippen MR) is 129 cm³/mol. The van der Waals surface area contributed by atoms with Crippen LogP contribution in [-0.4, -0.2) is 50.1 Å². The quantitative estimate of drug-likeness (QED) is 0.385. The summed E-state index contributed by atoms with van der Waals surface area (Å²) in [6.45, 7) is 6.94. The van der Waals surface area contributed by atoms with Gasteiger partial charge in [-0.15, -0.1) is 16.4 Å². The van der Waals surface area contributed by atoms with Gasteiger partial charge in [-0.25, -0.2) is 19.1 Å². The molecule has 3 aromatic heterocycles. The van der Waals surface area contributed by atoms with Gasteiger partial charge in [0.2, 0.25) is 0 Å². The minimum Gasteiger partial charge on any atom is -0.462 e. The third-order valence-electron chi connectivity index (χ3n) is 4.98. The number of nitrogens with one attached hydrogen (secondary N) is 1. The van der Waals surface area contributed by atoms with Crippen LogP contribution in [0.2, 0.25) is 0 Å². The normalized spacial score (nSPS) is 11.8. The number of fused-ring (bicyclic) bond motifs is 1. The number of thiophene rings is 1. The molecule has 10 nitrogen and oxygen atoms in total. The lowest BCUT2D eigenvalue weighted by Gasteiger charge is -2.12. The number of aromatic nitrogens is 4. The number of rotatable bonds is 7. The largest absolute Gasteiger partial charge is 0.462 e. The Kier molecular flexibility index (Phi) is 6.87. The standard InChI is InChI=1S/C24H23N5O5S/c1-5-33-22(31)17-12-18(16-9-7-6-8-10-16)35-21(17)27-20(30)15(4)34-23(32)19-26-24-25-13(2)11-14(3)29(24)28-19/h6-12,15H,5H2,1-4H3,(H,27,30)/t15-/m0/s1. The Balaban J connectivity index is 1.51. The fourth-order valence-corrected chi connectivity index (χ4v) is 4.38. The van der Waals surface area contributed by atoms with Gasteiger partial charge in [0.1, 0.15) is 5.00 Å². The molecule has 0 aliphatic carbocycles. The molecule has 0 saturated heterocycles. The van der Waals surface area contributed by atoms with E-state index in [0.717, 1.165) is 21.8 Å². The molecule has 0 saturated carbocycles. The highest BCUT2D eigenvalue weighted by atomic mass is 32.1. The Bertz CT molecular complexity index is 1410. The molecule has 1 amide bonds. The van der Waals surface area contributed by atoms with Crippen LogP contribution in [0.15, 0.2) is 42.5 Å². The van der Waals surface area contributed by atoms with Crippen molar-refractivity contribution in [2.45, 2.75) is 33.8 Å². The summed E-state index contributed by atoms with van der Waals surface area (Å²) in [5, 5.41) is 7.11. The van der Waals surface area contributed by atoms with Gasteiger partial charge in [0.25, 0.3) is 17.5 Å². The van der Waals surface area contributed by atoms with E-state index in [1.54, 1.807) is 19.1 Å². The molecular formula is C24H23N5O5S. The molecule has 1 aromatic carbocycles. The smallest absolute Gasteiger partial charge is 0.379 e. The van der Waals surface area contributed by atoms with Gasteiger partial charge in [0, 0.05) is 16.3 Å². The van der Waals surface area contributed by atoms with Crippen LogP contribution in [0.5, 0.6) is 0 Å². The van der Waals surface area contributed by atoms with Crippen molar-refractivity contribution in [2.75, 3.05) is 11.9 Å². The minimum absolute atomic E-state index is 0.191. The van der Waals surface area contributed by atoms with Crippen molar-refractivity contribution < 1.29 is 23.9 Å². The number of anilines is 1. The van der Waals surface area contributed by atoms with Crippen LogP contribution in [0.1, 0.15) is 46.2 Å². The number of esters is 2. The van der Waals surface area contributed by atoms with Crippen molar-refractivity contribution in [3.05, 3.63) is 65.2 Å². The summed E-state index contributed by atoms with van der Waals surface area (Å²) in [5.74, 6) is -1.98. The van der Waals surface area contributed by atoms with Crippen molar-refractivity contribution in [2.24, 2.45) is 0 Å². The van der Waals surface area contributed by atoms with Gasteiger partial charge in [-0.2, -0.15) is 4.98 Å². The average Bonchev–Trinajstić information content (AvgIpc) is 3.44. The van der Waals surface area contributed by atoms with Gasteiger partial charge < -0.3 is 14.8 Å². The number of hydrogen-bond acceptors (Lipinski definition) is 9. The molecule has 0 spiro atoms. The van der Waals surface area contributed by atoms with Crippen molar-refractivity contribution in [1.29, 1.82) is 0 Å². The van der Waals surface area contributed by atoms with Gasteiger partial charge in [0.05, 0.1) is 12.2 Å². The van der Waals surface area contributed by atoms with E-state index in [1.165, 1.54) is 22.8 Å². The summed E-state index contributed by atoms with van der Waals surface area (Å²) in [6, 6.07) is 12.9. The van der Waals surface area contributed by atoms with Crippen molar-refractivity contribution in [1.82, 2.24) is 19.6 Å². The van der Waals surface area contributed by atoms with E-state index in [2.05, 4.69) is 20.4 Å². The lowest BCUT2D eigenvalue weighted by molar-refractivity contribution is -0.123. The number of amides is 1. The van der Waals surface area contributed by atoms with Crippen LogP contribution in [0, 0.1) is 13.8 Å². The topological polar surface area (TPSA) is 125 Å². The van der Waals surface area contributed by atoms with Gasteiger partial charge in [0.15, 0.2) is 6.10 Å². The Morgan fingerprint density at radius 3 is 2.54 bits per heavy atom. The second-order valence-corrected chi connectivity index (χ2v) is 8.72. The highest BCUT2D eigenvalue weighted by Gasteiger charge is 2.26. The number of carbonyl (C=O) groups excluding carboxylic acids is 3. The number of nitrogens with zero attached hydrogens (tertiary/aromatic N) is 4. The minimum atomic E-state index is -1.18. The summed E-state index contributed by atoms with van der Waals surface area (Å²) in [5.41, 5.74) is 2.60. The number of carbonyl (C=O) groups is 3. The first kappa shape index (κ1) is 24.0. The molecule has 0 aliphatic rings. The maximum absolute atomic E-state index is 12.8. The van der Waals surface area contributed by atoms with Crippen molar-refractivity contribution in [3.63, 3.8) is 0 Å². The molecule has 11 heteroatoms. The van der Waals surface area contributed by atoms with E-state index in [0.29, 0.717) is 5.00 Å². The lowest BCUT2D eigenvalue weighted by atomic mass is 10.1. The molecule has 0 bridgehead atoms. The van der Waals surface area contributed by atoms with Crippen LogP contribution in [0.25, 0.3) is 16.2 Å². The Hall–Kier alpha value is -4.12. The second-order valence-electron chi connectivity index (χ2n) is 7.66. The highest BCUT2D eigenvalue weighted by molar-refractivity contribution is 7.20. The average molecular weight is 494 g/mol. The molecule has 0 fully saturated rings. The van der Waals surface area contributed by atoms with E-state index in [9.17, 15) is 14.4 Å². The molecule has 180 valence electrons. The van der Waals surface area contributed by atoms with Gasteiger partial charge in [-0.1, -0.05) is 30.3 Å². The molecule has 0 aliphatic heterocycles. The van der Waals surface area contributed by atoms with Crippen LogP contribution >= 0.6 is 11.3 Å².